The van der Waals surface area contributed by atoms with Crippen molar-refractivity contribution in [2.75, 3.05) is 0 Å². The fourth-order valence-corrected chi connectivity index (χ4v) is 9.22. The topological polar surface area (TPSA) is 47.9 Å². The van der Waals surface area contributed by atoms with Gasteiger partial charge in [-0.05, 0) is 99.1 Å². The molecule has 9 aromatic rings. The van der Waals surface area contributed by atoms with Crippen molar-refractivity contribution in [1.82, 2.24) is 15.0 Å². The second kappa shape index (κ2) is 14.6. The van der Waals surface area contributed by atoms with Gasteiger partial charge < -0.3 is 4.74 Å². The zero-order valence-electron chi connectivity index (χ0n) is 33.4. The summed E-state index contributed by atoms with van der Waals surface area (Å²) in [5, 5.41) is 0. The molecule has 0 radical (unpaired) electrons. The van der Waals surface area contributed by atoms with E-state index >= 15 is 0 Å². The molecule has 10 heteroatoms. The van der Waals surface area contributed by atoms with Crippen LogP contribution in [0.15, 0.2) is 188 Å². The number of para-hydroxylation sites is 2. The quantitative estimate of drug-likeness (QED) is 0.162. The van der Waals surface area contributed by atoms with Gasteiger partial charge >= 0.3 is 12.4 Å². The van der Waals surface area contributed by atoms with E-state index in [1.807, 2.05) is 91.0 Å². The molecule has 0 saturated carbocycles. The van der Waals surface area contributed by atoms with Crippen LogP contribution in [0.4, 0.5) is 26.3 Å². The van der Waals surface area contributed by atoms with Crippen molar-refractivity contribution in [3.63, 3.8) is 0 Å². The van der Waals surface area contributed by atoms with Crippen molar-refractivity contribution in [2.24, 2.45) is 0 Å². The number of benzene rings is 8. The predicted octanol–water partition coefficient (Wildman–Crippen LogP) is 14.7. The zero-order chi connectivity index (χ0) is 43.8. The fourth-order valence-electron chi connectivity index (χ4n) is 9.22. The molecule has 0 bridgehead atoms. The van der Waals surface area contributed by atoms with Crippen molar-refractivity contribution in [3.8, 4) is 79.0 Å². The number of hydrogen-bond acceptors (Lipinski definition) is 4. The normalized spacial score (nSPS) is 13.4. The van der Waals surface area contributed by atoms with Crippen molar-refractivity contribution < 1.29 is 31.1 Å². The van der Waals surface area contributed by atoms with E-state index in [9.17, 15) is 26.3 Å². The summed E-state index contributed by atoms with van der Waals surface area (Å²) in [6.07, 6.45) is -9.09. The lowest BCUT2D eigenvalue weighted by molar-refractivity contribution is -0.138. The summed E-state index contributed by atoms with van der Waals surface area (Å²) in [4.78, 5) is 15.3. The maximum Gasteiger partial charge on any atom is 0.416 e. The molecule has 0 saturated heterocycles. The maximum atomic E-state index is 13.7. The molecular formula is C54H31F6N3O. The Hall–Kier alpha value is -7.85. The Morgan fingerprint density at radius 1 is 0.344 bits per heavy atom. The SMILES string of the molecule is FC(F)(F)c1ccc(-c2cc(-c3ccc(C(F)(F)F)cc3)cc(-c3nc(-c4ccccc4)nc(-c4cccc5c4-c4ccccc4C54c5ccccc5Oc5ccccc54)n3)c2)cc1. The number of hydrogen-bond donors (Lipinski definition) is 0. The molecule has 1 aliphatic carbocycles. The molecule has 1 aromatic heterocycles. The van der Waals surface area contributed by atoms with E-state index in [4.69, 9.17) is 19.7 Å². The van der Waals surface area contributed by atoms with Gasteiger partial charge in [-0.25, -0.2) is 15.0 Å². The van der Waals surface area contributed by atoms with Crippen molar-refractivity contribution >= 4 is 0 Å². The Balaban J connectivity index is 1.15. The average Bonchev–Trinajstić information content (AvgIpc) is 3.62. The number of nitrogens with zero attached hydrogens (tertiary/aromatic N) is 3. The van der Waals surface area contributed by atoms with Crippen LogP contribution < -0.4 is 4.74 Å². The second-order valence-electron chi connectivity index (χ2n) is 15.7. The molecule has 0 fully saturated rings. The van der Waals surface area contributed by atoms with Crippen LogP contribution in [0.25, 0.3) is 67.5 Å². The van der Waals surface area contributed by atoms with E-state index in [1.165, 1.54) is 24.3 Å². The van der Waals surface area contributed by atoms with Crippen molar-refractivity contribution in [1.29, 1.82) is 0 Å². The summed E-state index contributed by atoms with van der Waals surface area (Å²) in [7, 11) is 0. The molecule has 1 aliphatic heterocycles. The van der Waals surface area contributed by atoms with Gasteiger partial charge in [0.25, 0.3) is 0 Å². The third-order valence-corrected chi connectivity index (χ3v) is 12.1. The summed E-state index contributed by atoms with van der Waals surface area (Å²) >= 11 is 0. The molecular weight excluding hydrogens is 821 g/mol. The molecule has 8 aromatic carbocycles. The van der Waals surface area contributed by atoms with Crippen LogP contribution in [-0.4, -0.2) is 15.0 Å². The van der Waals surface area contributed by atoms with E-state index in [2.05, 4.69) is 30.3 Å². The molecule has 4 nitrogen and oxygen atoms in total. The van der Waals surface area contributed by atoms with Crippen LogP contribution in [0.1, 0.15) is 33.4 Å². The average molecular weight is 852 g/mol. The van der Waals surface area contributed by atoms with Crippen molar-refractivity contribution in [2.45, 2.75) is 17.8 Å². The Bertz CT molecular complexity index is 3150. The first kappa shape index (κ1) is 39.0. The first-order chi connectivity index (χ1) is 31.0. The Morgan fingerprint density at radius 2 is 0.781 bits per heavy atom. The molecule has 1 spiro atoms. The van der Waals surface area contributed by atoms with Crippen LogP contribution in [0, 0.1) is 0 Å². The van der Waals surface area contributed by atoms with Gasteiger partial charge in [0, 0.05) is 27.8 Å². The van der Waals surface area contributed by atoms with Gasteiger partial charge in [0.1, 0.15) is 11.5 Å². The summed E-state index contributed by atoms with van der Waals surface area (Å²) < 4.78 is 88.5. The first-order valence-electron chi connectivity index (χ1n) is 20.4. The standard InChI is InChI=1S/C54H31F6N3O/c55-53(56,57)38-25-21-32(22-26-38)35-29-36(33-23-27-39(28-24-33)54(58,59)60)31-37(30-35)50-61-49(34-11-2-1-3-12-34)62-51(63-50)41-14-10-18-45-48(41)40-13-4-5-15-42(40)52(45)43-16-6-8-19-46(43)64-47-20-9-7-17-44(47)52/h1-31H. The molecule has 2 aliphatic rings. The van der Waals surface area contributed by atoms with Gasteiger partial charge in [-0.15, -0.1) is 0 Å². The molecule has 0 unspecified atom stereocenters. The number of ether oxygens (including phenoxy) is 1. The summed E-state index contributed by atoms with van der Waals surface area (Å²) in [5.41, 5.74) is 7.52. The minimum absolute atomic E-state index is 0.256. The van der Waals surface area contributed by atoms with Crippen LogP contribution in [0.5, 0.6) is 11.5 Å². The van der Waals surface area contributed by atoms with E-state index in [1.54, 1.807) is 18.2 Å². The second-order valence-corrected chi connectivity index (χ2v) is 15.7. The highest BCUT2D eigenvalue weighted by molar-refractivity contribution is 5.96. The summed E-state index contributed by atoms with van der Waals surface area (Å²) in [5.74, 6) is 2.50. The lowest BCUT2D eigenvalue weighted by atomic mass is 9.66. The van der Waals surface area contributed by atoms with E-state index in [0.29, 0.717) is 45.0 Å². The molecule has 2 heterocycles. The smallest absolute Gasteiger partial charge is 0.416 e. The molecule has 310 valence electrons. The van der Waals surface area contributed by atoms with Gasteiger partial charge in [-0.3, -0.25) is 0 Å². The molecule has 11 rings (SSSR count). The number of aromatic nitrogens is 3. The van der Waals surface area contributed by atoms with Gasteiger partial charge in [0.2, 0.25) is 0 Å². The highest BCUT2D eigenvalue weighted by Gasteiger charge is 2.51. The highest BCUT2D eigenvalue weighted by Crippen LogP contribution is 2.63. The van der Waals surface area contributed by atoms with Crippen LogP contribution in [-0.2, 0) is 17.8 Å². The van der Waals surface area contributed by atoms with E-state index in [0.717, 1.165) is 74.7 Å². The predicted molar refractivity (Wildman–Crippen MR) is 234 cm³/mol. The largest absolute Gasteiger partial charge is 0.457 e. The Kier molecular flexibility index (Phi) is 8.92. The van der Waals surface area contributed by atoms with Gasteiger partial charge in [-0.2, -0.15) is 26.3 Å². The van der Waals surface area contributed by atoms with Crippen LogP contribution >= 0.6 is 0 Å². The minimum Gasteiger partial charge on any atom is -0.457 e. The van der Waals surface area contributed by atoms with E-state index in [-0.39, 0.29) is 5.82 Å². The van der Waals surface area contributed by atoms with Gasteiger partial charge in [-0.1, -0.05) is 133 Å². The van der Waals surface area contributed by atoms with Crippen LogP contribution in [0.3, 0.4) is 0 Å². The first-order valence-corrected chi connectivity index (χ1v) is 20.4. The number of rotatable bonds is 5. The van der Waals surface area contributed by atoms with Gasteiger partial charge in [0.15, 0.2) is 17.5 Å². The Morgan fingerprint density at radius 3 is 1.34 bits per heavy atom. The number of alkyl halides is 6. The lowest BCUT2D eigenvalue weighted by Gasteiger charge is -2.39. The molecule has 0 N–H and O–H groups in total. The third kappa shape index (κ3) is 6.35. The molecule has 0 atom stereocenters. The zero-order valence-corrected chi connectivity index (χ0v) is 33.4. The maximum absolute atomic E-state index is 13.7. The highest BCUT2D eigenvalue weighted by atomic mass is 19.4. The Labute approximate surface area is 363 Å². The summed E-state index contributed by atoms with van der Waals surface area (Å²) in [6.45, 7) is 0. The fraction of sp³-hybridized carbons (Fsp3) is 0.0556. The van der Waals surface area contributed by atoms with E-state index < -0.39 is 28.9 Å². The monoisotopic (exact) mass is 851 g/mol. The molecule has 64 heavy (non-hydrogen) atoms. The molecule has 0 amide bonds. The van der Waals surface area contributed by atoms with Gasteiger partial charge in [0.05, 0.1) is 16.5 Å². The van der Waals surface area contributed by atoms with Crippen LogP contribution in [0.2, 0.25) is 0 Å². The summed E-state index contributed by atoms with van der Waals surface area (Å²) in [6, 6.07) is 54.8. The number of fused-ring (bicyclic) bond motifs is 9. The van der Waals surface area contributed by atoms with Crippen molar-refractivity contribution in [3.05, 3.63) is 221 Å². The minimum atomic E-state index is -4.55. The number of halogens is 6. The third-order valence-electron chi connectivity index (χ3n) is 12.1. The lowest BCUT2D eigenvalue weighted by Crippen LogP contribution is -2.32.